The van der Waals surface area contributed by atoms with E-state index in [2.05, 4.69) is 69.0 Å². The van der Waals surface area contributed by atoms with E-state index in [1.165, 1.54) is 26.5 Å². The van der Waals surface area contributed by atoms with Gasteiger partial charge >= 0.3 is 0 Å². The van der Waals surface area contributed by atoms with Crippen molar-refractivity contribution in [1.82, 2.24) is 0 Å². The minimum Gasteiger partial charge on any atom is -0.300 e. The zero-order chi connectivity index (χ0) is 20.2. The van der Waals surface area contributed by atoms with Crippen molar-refractivity contribution in [2.45, 2.75) is 62.2 Å². The largest absolute Gasteiger partial charge is 0.300 e. The molecule has 0 radical (unpaired) electrons. The minimum absolute atomic E-state index is 0.394. The first-order valence-corrected chi connectivity index (χ1v) is 12.1. The first-order valence-electron chi connectivity index (χ1n) is 10.1. The van der Waals surface area contributed by atoms with Gasteiger partial charge in [-0.15, -0.1) is 30.1 Å². The van der Waals surface area contributed by atoms with E-state index in [-0.39, 0.29) is 0 Å². The average Bonchev–Trinajstić information content (AvgIpc) is 2.67. The van der Waals surface area contributed by atoms with E-state index in [1.54, 1.807) is 11.8 Å². The molecule has 0 saturated heterocycles. The lowest BCUT2D eigenvalue weighted by Gasteiger charge is -2.06. The number of thioether (sulfide) groups is 2. The van der Waals surface area contributed by atoms with Gasteiger partial charge in [-0.3, -0.25) is 4.79 Å². The number of carbonyl (C=O) groups is 1. The molecule has 1 nitrogen and oxygen atoms in total. The maximum Gasteiger partial charge on any atom is 0.133 e. The fourth-order valence-corrected chi connectivity index (χ4v) is 4.90. The molecule has 28 heavy (non-hydrogen) atoms. The predicted molar refractivity (Wildman–Crippen MR) is 126 cm³/mol. The van der Waals surface area contributed by atoms with Gasteiger partial charge in [0.2, 0.25) is 0 Å². The molecule has 0 fully saturated rings. The van der Waals surface area contributed by atoms with Crippen molar-refractivity contribution >= 4 is 29.3 Å². The first-order chi connectivity index (χ1) is 13.5. The van der Waals surface area contributed by atoms with Gasteiger partial charge in [0.05, 0.1) is 0 Å². The molecule has 3 heteroatoms. The van der Waals surface area contributed by atoms with Gasteiger partial charge in [-0.25, -0.2) is 0 Å². The first kappa shape index (κ1) is 22.8. The fraction of sp³-hybridized carbons (Fsp3) is 0.400. The number of rotatable bonds is 13. The second-order valence-electron chi connectivity index (χ2n) is 7.31. The van der Waals surface area contributed by atoms with Crippen molar-refractivity contribution < 1.29 is 4.79 Å². The molecule has 0 aliphatic heterocycles. The lowest BCUT2D eigenvalue weighted by molar-refractivity contribution is -0.118. The highest BCUT2D eigenvalue weighted by Gasteiger charge is 2.04. The summed E-state index contributed by atoms with van der Waals surface area (Å²) in [5.74, 6) is 2.37. The molecule has 0 N–H and O–H groups in total. The lowest BCUT2D eigenvalue weighted by atomic mass is 10.1. The van der Waals surface area contributed by atoms with E-state index in [9.17, 15) is 4.79 Å². The van der Waals surface area contributed by atoms with Crippen LogP contribution in [0.15, 0.2) is 70.5 Å². The summed E-state index contributed by atoms with van der Waals surface area (Å²) in [6, 6.07) is 17.3. The Hall–Kier alpha value is -1.45. The van der Waals surface area contributed by atoms with Gasteiger partial charge in [-0.05, 0) is 68.9 Å². The molecule has 0 unspecified atom stereocenters. The molecule has 0 aromatic heterocycles. The summed E-state index contributed by atoms with van der Waals surface area (Å²) in [6.45, 7) is 8.15. The summed E-state index contributed by atoms with van der Waals surface area (Å²) in [5.41, 5.74) is 3.90. The van der Waals surface area contributed by atoms with Crippen LogP contribution in [-0.4, -0.2) is 17.3 Å². The summed E-state index contributed by atoms with van der Waals surface area (Å²) < 4.78 is 0. The fourth-order valence-electron chi connectivity index (χ4n) is 2.86. The van der Waals surface area contributed by atoms with Crippen LogP contribution in [0.1, 0.15) is 50.2 Å². The molecule has 0 bridgehead atoms. The lowest BCUT2D eigenvalue weighted by Crippen LogP contribution is -2.00. The predicted octanol–water partition coefficient (Wildman–Crippen LogP) is 7.52. The monoisotopic (exact) mass is 412 g/mol. The van der Waals surface area contributed by atoms with Crippen LogP contribution in [0.25, 0.3) is 0 Å². The Morgan fingerprint density at radius 2 is 1.61 bits per heavy atom. The summed E-state index contributed by atoms with van der Waals surface area (Å²) in [6.07, 6.45) is 5.59. The molecule has 0 aliphatic carbocycles. The number of Topliss-reactive ketones (excluding diaryl/α,β-unsaturated/α-hetero) is 1. The third-order valence-electron chi connectivity index (χ3n) is 4.62. The van der Waals surface area contributed by atoms with Crippen LogP contribution in [-0.2, 0) is 11.2 Å². The van der Waals surface area contributed by atoms with Gasteiger partial charge in [0, 0.05) is 34.1 Å². The van der Waals surface area contributed by atoms with Gasteiger partial charge in [0.1, 0.15) is 5.78 Å². The zero-order valence-corrected chi connectivity index (χ0v) is 18.8. The van der Waals surface area contributed by atoms with Crippen molar-refractivity contribution in [2.75, 3.05) is 11.5 Å². The van der Waals surface area contributed by atoms with E-state index < -0.39 is 0 Å². The summed E-state index contributed by atoms with van der Waals surface area (Å²) in [4.78, 5) is 14.7. The van der Waals surface area contributed by atoms with E-state index in [1.807, 2.05) is 11.8 Å². The van der Waals surface area contributed by atoms with Crippen LogP contribution in [0.2, 0.25) is 0 Å². The van der Waals surface area contributed by atoms with Gasteiger partial charge in [0.25, 0.3) is 0 Å². The van der Waals surface area contributed by atoms with Crippen LogP contribution >= 0.6 is 23.5 Å². The highest BCUT2D eigenvalue weighted by molar-refractivity contribution is 7.99. The standard InChI is InChI=1S/C25H32OS2/c1-20(2)16-18-27-24-14-12-22(13-15-24)9-5-6-10-23(26)17-19-28-25-11-7-4-8-21(25)3/h4,7-8,11-15H,1,5-6,9-10,16-19H2,2-3H3. The highest BCUT2D eigenvalue weighted by Crippen LogP contribution is 2.23. The average molecular weight is 413 g/mol. The SMILES string of the molecule is C=C(C)CCSc1ccc(CCCCC(=O)CCSc2ccccc2C)cc1. The van der Waals surface area contributed by atoms with Gasteiger partial charge < -0.3 is 0 Å². The van der Waals surface area contributed by atoms with Crippen molar-refractivity contribution in [3.63, 3.8) is 0 Å². The summed E-state index contributed by atoms with van der Waals surface area (Å²) >= 11 is 3.68. The van der Waals surface area contributed by atoms with Crippen molar-refractivity contribution in [1.29, 1.82) is 0 Å². The normalized spacial score (nSPS) is 10.8. The molecule has 0 heterocycles. The second-order valence-corrected chi connectivity index (χ2v) is 9.61. The molecule has 2 aromatic rings. The molecular weight excluding hydrogens is 380 g/mol. The van der Waals surface area contributed by atoms with Crippen molar-refractivity contribution in [3.8, 4) is 0 Å². The Kier molecular flexibility index (Phi) is 10.5. The minimum atomic E-state index is 0.394. The Labute approximate surface area is 179 Å². The zero-order valence-electron chi connectivity index (χ0n) is 17.2. The Morgan fingerprint density at radius 3 is 2.32 bits per heavy atom. The number of allylic oxidation sites excluding steroid dienone is 1. The van der Waals surface area contributed by atoms with Crippen LogP contribution in [0.4, 0.5) is 0 Å². The number of carbonyl (C=O) groups excluding carboxylic acids is 1. The molecule has 150 valence electrons. The molecular formula is C25H32OS2. The number of aryl methyl sites for hydroxylation is 2. The number of benzene rings is 2. The topological polar surface area (TPSA) is 17.1 Å². The maximum absolute atomic E-state index is 12.1. The van der Waals surface area contributed by atoms with Crippen LogP contribution in [0, 0.1) is 6.92 Å². The van der Waals surface area contributed by atoms with E-state index in [4.69, 9.17) is 0 Å². The molecule has 0 saturated carbocycles. The molecule has 0 amide bonds. The van der Waals surface area contributed by atoms with Crippen molar-refractivity contribution in [2.24, 2.45) is 0 Å². The van der Waals surface area contributed by atoms with E-state index in [0.29, 0.717) is 18.6 Å². The van der Waals surface area contributed by atoms with Gasteiger partial charge in [-0.2, -0.15) is 0 Å². The van der Waals surface area contributed by atoms with Crippen molar-refractivity contribution in [3.05, 3.63) is 71.8 Å². The third-order valence-corrected chi connectivity index (χ3v) is 6.82. The van der Waals surface area contributed by atoms with Gasteiger partial charge in [-0.1, -0.05) is 35.9 Å². The molecule has 2 aromatic carbocycles. The number of hydrogen-bond donors (Lipinski definition) is 0. The van der Waals surface area contributed by atoms with Crippen LogP contribution in [0.3, 0.4) is 0 Å². The van der Waals surface area contributed by atoms with Gasteiger partial charge in [0.15, 0.2) is 0 Å². The second kappa shape index (κ2) is 12.9. The Morgan fingerprint density at radius 1 is 0.893 bits per heavy atom. The summed E-state index contributed by atoms with van der Waals surface area (Å²) in [7, 11) is 0. The Balaban J connectivity index is 1.57. The number of unbranched alkanes of at least 4 members (excludes halogenated alkanes) is 1. The number of hydrogen-bond acceptors (Lipinski definition) is 3. The smallest absolute Gasteiger partial charge is 0.133 e. The molecule has 0 atom stereocenters. The summed E-state index contributed by atoms with van der Waals surface area (Å²) in [5, 5.41) is 0. The molecule has 0 aliphatic rings. The Bertz CT molecular complexity index is 749. The number of ketones is 1. The third kappa shape index (κ3) is 9.16. The van der Waals surface area contributed by atoms with Crippen LogP contribution in [0.5, 0.6) is 0 Å². The quantitative estimate of drug-likeness (QED) is 0.192. The van der Waals surface area contributed by atoms with E-state index >= 15 is 0 Å². The molecule has 2 rings (SSSR count). The highest BCUT2D eigenvalue weighted by atomic mass is 32.2. The van der Waals surface area contributed by atoms with Crippen LogP contribution < -0.4 is 0 Å². The molecule has 0 spiro atoms. The maximum atomic E-state index is 12.1. The van der Waals surface area contributed by atoms with E-state index in [0.717, 1.165) is 37.2 Å².